The van der Waals surface area contributed by atoms with Gasteiger partial charge in [0.2, 0.25) is 0 Å². The number of thiocyanates is 2. The molecule has 4 aromatic rings. The van der Waals surface area contributed by atoms with Gasteiger partial charge in [-0.3, -0.25) is 0 Å². The molecule has 0 heterocycles. The van der Waals surface area contributed by atoms with Crippen molar-refractivity contribution in [2.24, 2.45) is 0 Å². The standard InChI is InChI=1S/C28H20N3P2S3/c29-21-34-28(32(23-13-5-1-6-14-23)24-15-7-2-8-16-24)27(36-35-22-30)31-33(25-17-9-3-10-18-25)26-19-11-4-12-20-26/h1-20H. The maximum atomic E-state index is 9.89. The van der Waals surface area contributed by atoms with Crippen LogP contribution in [0, 0.1) is 31.7 Å². The van der Waals surface area contributed by atoms with Crippen LogP contribution in [0.1, 0.15) is 0 Å². The minimum absolute atomic E-state index is 0.728. The summed E-state index contributed by atoms with van der Waals surface area (Å²) in [7, 11) is 0.260. The van der Waals surface area contributed by atoms with Gasteiger partial charge in [0.15, 0.2) is 5.37 Å². The Morgan fingerprint density at radius 2 is 1.00 bits per heavy atom. The van der Waals surface area contributed by atoms with Gasteiger partial charge < -0.3 is 0 Å². The molecule has 0 saturated carbocycles. The van der Waals surface area contributed by atoms with Crippen molar-refractivity contribution in [1.29, 1.82) is 10.5 Å². The van der Waals surface area contributed by atoms with Crippen molar-refractivity contribution in [3.8, 4) is 10.8 Å². The van der Waals surface area contributed by atoms with Crippen molar-refractivity contribution >= 4 is 70.6 Å². The zero-order chi connectivity index (χ0) is 25.0. The summed E-state index contributed by atoms with van der Waals surface area (Å²) < 4.78 is 0. The fourth-order valence-electron chi connectivity index (χ4n) is 3.41. The Balaban J connectivity index is 1.79. The predicted molar refractivity (Wildman–Crippen MR) is 161 cm³/mol. The summed E-state index contributed by atoms with van der Waals surface area (Å²) in [4.78, 5) is 0.886. The molecule has 3 nitrogen and oxygen atoms in total. The van der Waals surface area contributed by atoms with Crippen LogP contribution in [0.4, 0.5) is 0 Å². The van der Waals surface area contributed by atoms with E-state index in [-0.39, 0.29) is 0 Å². The maximum Gasteiger partial charge on any atom is 0.151 e. The molecule has 0 N–H and O–H groups in total. The summed E-state index contributed by atoms with van der Waals surface area (Å²) >= 11 is 1.15. The second-order valence-electron chi connectivity index (χ2n) is 7.15. The number of benzene rings is 4. The molecule has 0 unspecified atom stereocenters. The summed E-state index contributed by atoms with van der Waals surface area (Å²) in [6.07, 6.45) is 0. The third-order valence-corrected chi connectivity index (χ3v) is 12.4. The molecule has 0 fully saturated rings. The highest BCUT2D eigenvalue weighted by atomic mass is 33.1. The van der Waals surface area contributed by atoms with Gasteiger partial charge in [0, 0.05) is 18.9 Å². The normalized spacial score (nSPS) is 11.1. The first-order valence-corrected chi connectivity index (χ1v) is 16.5. The second-order valence-corrected chi connectivity index (χ2v) is 14.2. The van der Waals surface area contributed by atoms with Crippen LogP contribution in [0.3, 0.4) is 0 Å². The van der Waals surface area contributed by atoms with Crippen LogP contribution in [0.2, 0.25) is 0 Å². The van der Waals surface area contributed by atoms with Crippen molar-refractivity contribution in [1.82, 2.24) is 5.09 Å². The van der Waals surface area contributed by atoms with Gasteiger partial charge in [-0.1, -0.05) is 121 Å². The minimum Gasteiger partial charge on any atom is -0.185 e. The highest BCUT2D eigenvalue weighted by Gasteiger charge is 2.38. The van der Waals surface area contributed by atoms with E-state index in [9.17, 15) is 10.5 Å². The van der Waals surface area contributed by atoms with E-state index in [1.54, 1.807) is 0 Å². The van der Waals surface area contributed by atoms with Crippen molar-refractivity contribution in [3.63, 3.8) is 0 Å². The van der Waals surface area contributed by atoms with Crippen molar-refractivity contribution < 1.29 is 0 Å². The van der Waals surface area contributed by atoms with Gasteiger partial charge in [-0.05, 0) is 51.7 Å². The number of thioether (sulfide) groups is 1. The van der Waals surface area contributed by atoms with Gasteiger partial charge in [0.25, 0.3) is 0 Å². The van der Waals surface area contributed by atoms with Crippen molar-refractivity contribution in [2.45, 2.75) is 0 Å². The Labute approximate surface area is 227 Å². The summed E-state index contributed by atoms with van der Waals surface area (Å²) in [5.74, 6) is 0. The summed E-state index contributed by atoms with van der Waals surface area (Å²) in [5, 5.41) is 34.4. The summed E-state index contributed by atoms with van der Waals surface area (Å²) in [6.45, 7) is 0. The van der Waals surface area contributed by atoms with Gasteiger partial charge in [-0.15, -0.1) is 0 Å². The molecule has 4 rings (SSSR count). The molecule has 0 aliphatic rings. The lowest BCUT2D eigenvalue weighted by atomic mass is 10.4. The molecule has 0 aliphatic carbocycles. The number of nitriles is 2. The van der Waals surface area contributed by atoms with Gasteiger partial charge >= 0.3 is 0 Å². The number of nitrogens with zero attached hydrogens (tertiary/aromatic N) is 3. The Kier molecular flexibility index (Phi) is 10.8. The molecular formula is C28H20N3P2S3. The third kappa shape index (κ3) is 7.15. The lowest BCUT2D eigenvalue weighted by molar-refractivity contribution is 1.17. The fourth-order valence-corrected chi connectivity index (χ4v) is 11.0. The van der Waals surface area contributed by atoms with E-state index in [1.165, 1.54) is 10.8 Å². The molecule has 0 aromatic heterocycles. The van der Waals surface area contributed by atoms with Crippen LogP contribution in [0.5, 0.6) is 0 Å². The average molecular weight is 557 g/mol. The van der Waals surface area contributed by atoms with E-state index in [0.29, 0.717) is 0 Å². The summed E-state index contributed by atoms with van der Waals surface area (Å²) in [6, 6.07) is 41.0. The quantitative estimate of drug-likeness (QED) is 0.115. The Bertz CT molecular complexity index is 1200. The van der Waals surface area contributed by atoms with Gasteiger partial charge in [0.1, 0.15) is 15.8 Å². The molecule has 8 heteroatoms. The third-order valence-electron chi connectivity index (χ3n) is 4.91. The molecule has 0 saturated heterocycles. The van der Waals surface area contributed by atoms with E-state index < -0.39 is 16.0 Å². The van der Waals surface area contributed by atoms with Crippen LogP contribution < -0.4 is 26.3 Å². The molecule has 0 atom stereocenters. The van der Waals surface area contributed by atoms with Crippen molar-refractivity contribution in [3.05, 3.63) is 132 Å². The average Bonchev–Trinajstić information content (AvgIpc) is 2.95. The lowest BCUT2D eigenvalue weighted by Crippen LogP contribution is -2.25. The van der Waals surface area contributed by atoms with Crippen LogP contribution in [-0.2, 0) is 0 Å². The number of rotatable bonds is 11. The first kappa shape index (κ1) is 26.8. The summed E-state index contributed by atoms with van der Waals surface area (Å²) in [5.41, 5.74) is 0. The number of hydrogen-bond acceptors (Lipinski definition) is 5. The van der Waals surface area contributed by atoms with Crippen LogP contribution in [0.25, 0.3) is 0 Å². The van der Waals surface area contributed by atoms with Gasteiger partial charge in [-0.2, -0.15) is 15.6 Å². The van der Waals surface area contributed by atoms with E-state index in [2.05, 4.69) is 59.3 Å². The Morgan fingerprint density at radius 1 is 0.583 bits per heavy atom. The number of hydrogen-bond donors (Lipinski definition) is 0. The van der Waals surface area contributed by atoms with Crippen LogP contribution >= 0.6 is 49.3 Å². The molecule has 175 valence electrons. The predicted octanol–water partition coefficient (Wildman–Crippen LogP) is 6.83. The molecular weight excluding hydrogens is 536 g/mol. The van der Waals surface area contributed by atoms with E-state index in [4.69, 9.17) is 5.09 Å². The largest absolute Gasteiger partial charge is 0.185 e. The van der Waals surface area contributed by atoms with E-state index in [0.717, 1.165) is 54.1 Å². The highest BCUT2D eigenvalue weighted by molar-refractivity contribution is 8.79. The van der Waals surface area contributed by atoms with Gasteiger partial charge in [-0.25, -0.2) is 0 Å². The molecule has 4 aromatic carbocycles. The zero-order valence-corrected chi connectivity index (χ0v) is 23.2. The van der Waals surface area contributed by atoms with E-state index in [1.807, 2.05) is 72.8 Å². The van der Waals surface area contributed by atoms with Gasteiger partial charge in [0.05, 0.1) is 0 Å². The first-order chi connectivity index (χ1) is 17.8. The topological polar surface area (TPSA) is 61.7 Å². The molecule has 36 heavy (non-hydrogen) atoms. The SMILES string of the molecule is N#CSS[C]([N]P(c1ccccc1)c1ccccc1)[C](SC#N)P(c1ccccc1)c1ccccc1. The first-order valence-electron chi connectivity index (χ1n) is 10.9. The molecule has 0 spiro atoms. The van der Waals surface area contributed by atoms with E-state index >= 15 is 0 Å². The maximum absolute atomic E-state index is 9.89. The highest BCUT2D eigenvalue weighted by Crippen LogP contribution is 2.61. The Hall–Kier alpha value is -2.27. The molecule has 0 aliphatic heterocycles. The lowest BCUT2D eigenvalue weighted by Gasteiger charge is -2.32. The van der Waals surface area contributed by atoms with Crippen LogP contribution in [0.15, 0.2) is 121 Å². The molecule has 3 radical (unpaired) electrons. The zero-order valence-electron chi connectivity index (χ0n) is 19.0. The molecule has 0 bridgehead atoms. The minimum atomic E-state index is -1.10. The Morgan fingerprint density at radius 3 is 1.39 bits per heavy atom. The smallest absolute Gasteiger partial charge is 0.151 e. The monoisotopic (exact) mass is 556 g/mol. The molecule has 0 amide bonds. The fraction of sp³-hybridized carbons (Fsp3) is 0. The second kappa shape index (κ2) is 14.5. The van der Waals surface area contributed by atoms with Crippen LogP contribution in [-0.4, -0.2) is 0 Å². The van der Waals surface area contributed by atoms with Crippen molar-refractivity contribution in [2.75, 3.05) is 0 Å².